The van der Waals surface area contributed by atoms with Gasteiger partial charge in [0.1, 0.15) is 0 Å². The number of nitrogens with one attached hydrogen (secondary N) is 2. The van der Waals surface area contributed by atoms with Crippen LogP contribution in [-0.4, -0.2) is 37.2 Å². The van der Waals surface area contributed by atoms with Gasteiger partial charge in [-0.15, -0.1) is 0 Å². The van der Waals surface area contributed by atoms with Gasteiger partial charge in [0.2, 0.25) is 5.91 Å². The first-order valence-electron chi connectivity index (χ1n) is 6.26. The van der Waals surface area contributed by atoms with Gasteiger partial charge in [-0.05, 0) is 33.6 Å². The molecule has 1 fully saturated rings. The molecule has 0 radical (unpaired) electrons. The summed E-state index contributed by atoms with van der Waals surface area (Å²) in [5.41, 5.74) is 0. The fraction of sp³-hybridized carbons (Fsp3) is 0.917. The van der Waals surface area contributed by atoms with Crippen LogP contribution in [0, 0.1) is 0 Å². The monoisotopic (exact) mass is 228 g/mol. The Labute approximate surface area is 98.1 Å². The summed E-state index contributed by atoms with van der Waals surface area (Å²) in [4.78, 5) is 11.6. The van der Waals surface area contributed by atoms with Gasteiger partial charge < -0.3 is 15.4 Å². The standard InChI is InChI=1S/C12H24N2O2/c1-4-16-8-7-12(15)14-11-6-5-9(2)13-10(11)3/h9-11,13H,4-8H2,1-3H3,(H,14,15). The lowest BCUT2D eigenvalue weighted by molar-refractivity contribution is -0.123. The minimum absolute atomic E-state index is 0.0988. The Hall–Kier alpha value is -0.610. The van der Waals surface area contributed by atoms with Crippen molar-refractivity contribution in [1.82, 2.24) is 10.6 Å². The zero-order valence-corrected chi connectivity index (χ0v) is 10.6. The van der Waals surface area contributed by atoms with Crippen molar-refractivity contribution in [3.05, 3.63) is 0 Å². The third-order valence-electron chi connectivity index (χ3n) is 3.09. The summed E-state index contributed by atoms with van der Waals surface area (Å²) in [7, 11) is 0. The number of hydrogen-bond donors (Lipinski definition) is 2. The first kappa shape index (κ1) is 13.5. The summed E-state index contributed by atoms with van der Waals surface area (Å²) in [6, 6.07) is 1.19. The van der Waals surface area contributed by atoms with Crippen LogP contribution in [0.5, 0.6) is 0 Å². The van der Waals surface area contributed by atoms with Gasteiger partial charge in [0, 0.05) is 31.2 Å². The Bertz CT molecular complexity index is 221. The lowest BCUT2D eigenvalue weighted by Crippen LogP contribution is -2.54. The van der Waals surface area contributed by atoms with Gasteiger partial charge in [0.05, 0.1) is 6.61 Å². The van der Waals surface area contributed by atoms with Gasteiger partial charge in [0.25, 0.3) is 0 Å². The van der Waals surface area contributed by atoms with Crippen LogP contribution in [0.25, 0.3) is 0 Å². The van der Waals surface area contributed by atoms with Crippen LogP contribution in [0.15, 0.2) is 0 Å². The van der Waals surface area contributed by atoms with Gasteiger partial charge in [0.15, 0.2) is 0 Å². The largest absolute Gasteiger partial charge is 0.381 e. The summed E-state index contributed by atoms with van der Waals surface area (Å²) in [5.74, 6) is 0.0988. The zero-order valence-electron chi connectivity index (χ0n) is 10.6. The number of piperidine rings is 1. The molecule has 94 valence electrons. The molecule has 0 aromatic rings. The van der Waals surface area contributed by atoms with Crippen molar-refractivity contribution in [2.45, 2.75) is 58.2 Å². The number of carbonyl (C=O) groups is 1. The summed E-state index contributed by atoms with van der Waals surface area (Å²) < 4.78 is 5.16. The molecule has 1 saturated heterocycles. The lowest BCUT2D eigenvalue weighted by atomic mass is 9.95. The van der Waals surface area contributed by atoms with Crippen molar-refractivity contribution in [3.63, 3.8) is 0 Å². The van der Waals surface area contributed by atoms with E-state index >= 15 is 0 Å². The maximum Gasteiger partial charge on any atom is 0.222 e. The number of hydrogen-bond acceptors (Lipinski definition) is 3. The maximum atomic E-state index is 11.6. The fourth-order valence-electron chi connectivity index (χ4n) is 2.11. The van der Waals surface area contributed by atoms with E-state index in [4.69, 9.17) is 4.74 Å². The van der Waals surface area contributed by atoms with Gasteiger partial charge in [-0.3, -0.25) is 4.79 Å². The van der Waals surface area contributed by atoms with Crippen molar-refractivity contribution in [3.8, 4) is 0 Å². The quantitative estimate of drug-likeness (QED) is 0.692. The average molecular weight is 228 g/mol. The molecule has 0 saturated carbocycles. The van der Waals surface area contributed by atoms with Gasteiger partial charge in [-0.1, -0.05) is 0 Å². The second kappa shape index (κ2) is 6.86. The molecule has 3 unspecified atom stereocenters. The molecule has 0 bridgehead atoms. The molecule has 0 aromatic heterocycles. The maximum absolute atomic E-state index is 11.6. The van der Waals surface area contributed by atoms with E-state index in [0.717, 1.165) is 12.8 Å². The van der Waals surface area contributed by atoms with Crippen molar-refractivity contribution < 1.29 is 9.53 Å². The van der Waals surface area contributed by atoms with Crippen LogP contribution in [0.4, 0.5) is 0 Å². The number of carbonyl (C=O) groups excluding carboxylic acids is 1. The van der Waals surface area contributed by atoms with Crippen molar-refractivity contribution in [1.29, 1.82) is 0 Å². The molecule has 1 amide bonds. The number of rotatable bonds is 5. The SMILES string of the molecule is CCOCCC(=O)NC1CCC(C)NC1C. The Morgan fingerprint density at radius 2 is 2.19 bits per heavy atom. The summed E-state index contributed by atoms with van der Waals surface area (Å²) in [5, 5.41) is 6.52. The Morgan fingerprint density at radius 1 is 1.44 bits per heavy atom. The van der Waals surface area contributed by atoms with Crippen LogP contribution in [-0.2, 0) is 9.53 Å². The van der Waals surface area contributed by atoms with E-state index in [2.05, 4.69) is 24.5 Å². The summed E-state index contributed by atoms with van der Waals surface area (Å²) in [6.07, 6.45) is 2.66. The molecule has 1 aliphatic rings. The van der Waals surface area contributed by atoms with E-state index in [0.29, 0.717) is 31.7 Å². The average Bonchev–Trinajstić information content (AvgIpc) is 2.23. The van der Waals surface area contributed by atoms with E-state index in [1.807, 2.05) is 6.92 Å². The van der Waals surface area contributed by atoms with Gasteiger partial charge in [-0.25, -0.2) is 0 Å². The lowest BCUT2D eigenvalue weighted by Gasteiger charge is -2.34. The molecule has 1 aliphatic heterocycles. The first-order chi connectivity index (χ1) is 7.63. The number of amides is 1. The molecule has 16 heavy (non-hydrogen) atoms. The molecular formula is C12H24N2O2. The van der Waals surface area contributed by atoms with Crippen LogP contribution >= 0.6 is 0 Å². The van der Waals surface area contributed by atoms with Gasteiger partial charge >= 0.3 is 0 Å². The minimum Gasteiger partial charge on any atom is -0.381 e. The van der Waals surface area contributed by atoms with Crippen molar-refractivity contribution in [2.24, 2.45) is 0 Å². The summed E-state index contributed by atoms with van der Waals surface area (Å²) >= 11 is 0. The Balaban J connectivity index is 2.22. The zero-order chi connectivity index (χ0) is 12.0. The van der Waals surface area contributed by atoms with E-state index < -0.39 is 0 Å². The third-order valence-corrected chi connectivity index (χ3v) is 3.09. The molecule has 4 heteroatoms. The van der Waals surface area contributed by atoms with Crippen molar-refractivity contribution >= 4 is 5.91 Å². The predicted molar refractivity (Wildman–Crippen MR) is 64.3 cm³/mol. The highest BCUT2D eigenvalue weighted by atomic mass is 16.5. The van der Waals surface area contributed by atoms with E-state index in [1.54, 1.807) is 0 Å². The molecule has 0 aromatic carbocycles. The normalized spacial score (nSPS) is 30.1. The third kappa shape index (κ3) is 4.49. The highest BCUT2D eigenvalue weighted by Crippen LogP contribution is 2.13. The molecule has 0 aliphatic carbocycles. The van der Waals surface area contributed by atoms with Crippen LogP contribution in [0.3, 0.4) is 0 Å². The van der Waals surface area contributed by atoms with Crippen LogP contribution in [0.1, 0.15) is 40.0 Å². The molecular weight excluding hydrogens is 204 g/mol. The molecule has 1 heterocycles. The molecule has 1 rings (SSSR count). The van der Waals surface area contributed by atoms with E-state index in [9.17, 15) is 4.79 Å². The highest BCUT2D eigenvalue weighted by molar-refractivity contribution is 5.76. The smallest absolute Gasteiger partial charge is 0.222 e. The van der Waals surface area contributed by atoms with E-state index in [-0.39, 0.29) is 11.9 Å². The fourth-order valence-corrected chi connectivity index (χ4v) is 2.11. The van der Waals surface area contributed by atoms with Crippen LogP contribution < -0.4 is 10.6 Å². The van der Waals surface area contributed by atoms with E-state index in [1.165, 1.54) is 0 Å². The Kier molecular flexibility index (Phi) is 5.77. The first-order valence-corrected chi connectivity index (χ1v) is 6.26. The molecule has 2 N–H and O–H groups in total. The second-order valence-corrected chi connectivity index (χ2v) is 4.55. The topological polar surface area (TPSA) is 50.4 Å². The second-order valence-electron chi connectivity index (χ2n) is 4.55. The molecule has 4 nitrogen and oxygen atoms in total. The van der Waals surface area contributed by atoms with Crippen molar-refractivity contribution in [2.75, 3.05) is 13.2 Å². The number of ether oxygens (including phenoxy) is 1. The molecule has 3 atom stereocenters. The predicted octanol–water partition coefficient (Wildman–Crippen LogP) is 1.06. The minimum atomic E-state index is 0.0988. The molecule has 0 spiro atoms. The van der Waals surface area contributed by atoms with Crippen LogP contribution in [0.2, 0.25) is 0 Å². The highest BCUT2D eigenvalue weighted by Gasteiger charge is 2.25. The van der Waals surface area contributed by atoms with Gasteiger partial charge in [-0.2, -0.15) is 0 Å². The Morgan fingerprint density at radius 3 is 2.81 bits per heavy atom. The summed E-state index contributed by atoms with van der Waals surface area (Å²) in [6.45, 7) is 7.44.